The Hall–Kier alpha value is -2.02. The van der Waals surface area contributed by atoms with Gasteiger partial charge in [-0.1, -0.05) is 30.3 Å². The first kappa shape index (κ1) is 20.7. The number of nitrogens with two attached hydrogens (primary N) is 1. The van der Waals surface area contributed by atoms with Gasteiger partial charge in [-0.3, -0.25) is 4.79 Å². The first-order valence-electron chi connectivity index (χ1n) is 9.06. The summed E-state index contributed by atoms with van der Waals surface area (Å²) in [5, 5.41) is 3.89. The molecule has 0 radical (unpaired) electrons. The van der Waals surface area contributed by atoms with Crippen molar-refractivity contribution >= 4 is 41.0 Å². The summed E-state index contributed by atoms with van der Waals surface area (Å²) >= 11 is 1.35. The summed E-state index contributed by atoms with van der Waals surface area (Å²) in [6.45, 7) is 0.413. The molecule has 4 rings (SSSR count). The Bertz CT molecular complexity index is 974. The molecular formula is C21H22ClFN2O2S. The number of rotatable bonds is 7. The number of halogens is 2. The average molecular weight is 421 g/mol. The van der Waals surface area contributed by atoms with Gasteiger partial charge in [-0.05, 0) is 37.0 Å². The fourth-order valence-electron chi connectivity index (χ4n) is 3.24. The number of fused-ring (bicyclic) bond motifs is 1. The number of thioether (sulfide) groups is 1. The van der Waals surface area contributed by atoms with Crippen molar-refractivity contribution in [2.24, 2.45) is 11.7 Å². The van der Waals surface area contributed by atoms with Crippen LogP contribution in [0.3, 0.4) is 0 Å². The lowest BCUT2D eigenvalue weighted by Crippen LogP contribution is -2.41. The normalized spacial score (nSPS) is 14.5. The van der Waals surface area contributed by atoms with E-state index in [0.29, 0.717) is 34.5 Å². The van der Waals surface area contributed by atoms with E-state index in [1.807, 2.05) is 24.3 Å². The quantitative estimate of drug-likeness (QED) is 0.541. The van der Waals surface area contributed by atoms with E-state index in [9.17, 15) is 9.18 Å². The lowest BCUT2D eigenvalue weighted by atomic mass is 10.1. The first-order chi connectivity index (χ1) is 13.2. The number of hydrogen-bond donors (Lipinski definition) is 2. The van der Waals surface area contributed by atoms with Gasteiger partial charge in [-0.15, -0.1) is 24.2 Å². The van der Waals surface area contributed by atoms with E-state index >= 15 is 0 Å². The second-order valence-corrected chi connectivity index (χ2v) is 7.80. The number of nitrogens with one attached hydrogen (secondary N) is 1. The first-order valence-corrected chi connectivity index (χ1v) is 10.0. The van der Waals surface area contributed by atoms with Crippen molar-refractivity contribution in [3.05, 3.63) is 65.7 Å². The zero-order valence-corrected chi connectivity index (χ0v) is 16.8. The van der Waals surface area contributed by atoms with Crippen LogP contribution in [0.1, 0.15) is 29.0 Å². The third-order valence-electron chi connectivity index (χ3n) is 4.87. The summed E-state index contributed by atoms with van der Waals surface area (Å²) in [5.74, 6) is 0.673. The molecule has 1 heterocycles. The smallest absolute Gasteiger partial charge is 0.287 e. The third-order valence-corrected chi connectivity index (χ3v) is 5.95. The number of furan rings is 1. The molecule has 3 aromatic rings. The summed E-state index contributed by atoms with van der Waals surface area (Å²) in [4.78, 5) is 13.4. The van der Waals surface area contributed by atoms with E-state index in [1.54, 1.807) is 18.2 Å². The van der Waals surface area contributed by atoms with Gasteiger partial charge in [0, 0.05) is 34.2 Å². The van der Waals surface area contributed by atoms with Crippen LogP contribution in [0.4, 0.5) is 4.39 Å². The lowest BCUT2D eigenvalue weighted by Gasteiger charge is -2.15. The molecule has 1 saturated carbocycles. The molecule has 0 spiro atoms. The molecule has 4 nitrogen and oxygen atoms in total. The van der Waals surface area contributed by atoms with Gasteiger partial charge in [0.2, 0.25) is 0 Å². The summed E-state index contributed by atoms with van der Waals surface area (Å²) in [5.41, 5.74) is 7.25. The van der Waals surface area contributed by atoms with E-state index in [4.69, 9.17) is 10.2 Å². The van der Waals surface area contributed by atoms with Gasteiger partial charge in [0.1, 0.15) is 11.4 Å². The van der Waals surface area contributed by atoms with Gasteiger partial charge < -0.3 is 15.5 Å². The molecule has 148 valence electrons. The molecule has 1 unspecified atom stereocenters. The third kappa shape index (κ3) is 4.35. The van der Waals surface area contributed by atoms with Crippen LogP contribution in [0.5, 0.6) is 0 Å². The molecule has 0 bridgehead atoms. The van der Waals surface area contributed by atoms with E-state index < -0.39 is 0 Å². The van der Waals surface area contributed by atoms with Gasteiger partial charge >= 0.3 is 0 Å². The van der Waals surface area contributed by atoms with Gasteiger partial charge in [0.05, 0.1) is 0 Å². The summed E-state index contributed by atoms with van der Waals surface area (Å²) < 4.78 is 19.8. The predicted molar refractivity (Wildman–Crippen MR) is 112 cm³/mol. The molecule has 1 atom stereocenters. The highest BCUT2D eigenvalue weighted by molar-refractivity contribution is 7.98. The minimum Gasteiger partial charge on any atom is -0.451 e. The minimum absolute atomic E-state index is 0. The van der Waals surface area contributed by atoms with Crippen molar-refractivity contribution in [2.75, 3.05) is 6.54 Å². The Morgan fingerprint density at radius 2 is 1.93 bits per heavy atom. The van der Waals surface area contributed by atoms with Crippen molar-refractivity contribution in [1.29, 1.82) is 0 Å². The molecule has 1 aliphatic rings. The van der Waals surface area contributed by atoms with Crippen LogP contribution in [0, 0.1) is 11.7 Å². The molecule has 28 heavy (non-hydrogen) atoms. The largest absolute Gasteiger partial charge is 0.451 e. The monoisotopic (exact) mass is 420 g/mol. The molecule has 7 heteroatoms. The molecule has 0 aliphatic heterocycles. The summed E-state index contributed by atoms with van der Waals surface area (Å²) in [6, 6.07) is 14.1. The van der Waals surface area contributed by atoms with Crippen LogP contribution in [0.15, 0.2) is 57.8 Å². The maximum absolute atomic E-state index is 14.0. The molecular weight excluding hydrogens is 399 g/mol. The number of para-hydroxylation sites is 1. The molecule has 1 amide bonds. The Balaban J connectivity index is 0.00000225. The van der Waals surface area contributed by atoms with Crippen molar-refractivity contribution in [1.82, 2.24) is 5.32 Å². The fraction of sp³-hybridized carbons (Fsp3) is 0.286. The highest BCUT2D eigenvalue weighted by atomic mass is 35.5. The maximum atomic E-state index is 14.0. The topological polar surface area (TPSA) is 68.3 Å². The zero-order valence-electron chi connectivity index (χ0n) is 15.2. The zero-order chi connectivity index (χ0) is 18.8. The van der Waals surface area contributed by atoms with Gasteiger partial charge in [0.15, 0.2) is 5.76 Å². The highest BCUT2D eigenvalue weighted by Gasteiger charge is 2.32. The SMILES string of the molecule is Cl.NCC(NC(=O)c1oc2ccccc2c1CSc1ccccc1F)C1CC1. The van der Waals surface area contributed by atoms with Gasteiger partial charge in [0.25, 0.3) is 5.91 Å². The number of benzene rings is 2. The molecule has 1 aliphatic carbocycles. The van der Waals surface area contributed by atoms with Crippen LogP contribution in [-0.2, 0) is 5.75 Å². The Morgan fingerprint density at radius 1 is 1.21 bits per heavy atom. The lowest BCUT2D eigenvalue weighted by molar-refractivity contribution is 0.0906. The van der Waals surface area contributed by atoms with E-state index in [2.05, 4.69) is 5.32 Å². The van der Waals surface area contributed by atoms with E-state index in [1.165, 1.54) is 17.8 Å². The summed E-state index contributed by atoms with van der Waals surface area (Å²) in [6.07, 6.45) is 2.19. The number of carbonyl (C=O) groups is 1. The van der Waals surface area contributed by atoms with Crippen LogP contribution >= 0.6 is 24.2 Å². The second kappa shape index (κ2) is 8.99. The fourth-order valence-corrected chi connectivity index (χ4v) is 4.21. The van der Waals surface area contributed by atoms with Crippen molar-refractivity contribution < 1.29 is 13.6 Å². The Morgan fingerprint density at radius 3 is 2.64 bits per heavy atom. The predicted octanol–water partition coefficient (Wildman–Crippen LogP) is 4.75. The van der Waals surface area contributed by atoms with Crippen LogP contribution in [-0.4, -0.2) is 18.5 Å². The maximum Gasteiger partial charge on any atom is 0.287 e. The Labute approximate surface area is 173 Å². The minimum atomic E-state index is -0.266. The summed E-state index contributed by atoms with van der Waals surface area (Å²) in [7, 11) is 0. The number of hydrogen-bond acceptors (Lipinski definition) is 4. The highest BCUT2D eigenvalue weighted by Crippen LogP contribution is 2.35. The average Bonchev–Trinajstić information content (AvgIpc) is 3.46. The molecule has 2 aromatic carbocycles. The van der Waals surface area contributed by atoms with Gasteiger partial charge in [-0.25, -0.2) is 4.39 Å². The second-order valence-electron chi connectivity index (χ2n) is 6.78. The van der Waals surface area contributed by atoms with Crippen LogP contribution in [0.25, 0.3) is 11.0 Å². The molecule has 0 saturated heterocycles. The van der Waals surface area contributed by atoms with E-state index in [0.717, 1.165) is 23.8 Å². The van der Waals surface area contributed by atoms with Crippen LogP contribution < -0.4 is 11.1 Å². The number of carbonyl (C=O) groups excluding carboxylic acids is 1. The van der Waals surface area contributed by atoms with E-state index in [-0.39, 0.29) is 30.2 Å². The van der Waals surface area contributed by atoms with Crippen molar-refractivity contribution in [3.63, 3.8) is 0 Å². The Kier molecular flexibility index (Phi) is 6.65. The number of amides is 1. The standard InChI is InChI=1S/C21H21FN2O2S.ClH/c22-16-6-2-4-8-19(16)27-12-15-14-5-1-3-7-18(14)26-20(15)21(25)24-17(11-23)13-9-10-13;/h1-8,13,17H,9-12,23H2,(H,24,25);1H. The molecule has 3 N–H and O–H groups in total. The van der Waals surface area contributed by atoms with Gasteiger partial charge in [-0.2, -0.15) is 0 Å². The van der Waals surface area contributed by atoms with Crippen LogP contribution in [0.2, 0.25) is 0 Å². The van der Waals surface area contributed by atoms with Crippen molar-refractivity contribution in [3.8, 4) is 0 Å². The molecule has 1 aromatic heterocycles. The molecule has 1 fully saturated rings. The van der Waals surface area contributed by atoms with Crippen molar-refractivity contribution in [2.45, 2.75) is 29.5 Å².